The number of carbonyl (C=O) groups excluding carboxylic acids is 1. The smallest absolute Gasteiger partial charge is 0.288 e. The zero-order valence-corrected chi connectivity index (χ0v) is 13.8. The molecule has 1 amide bonds. The van der Waals surface area contributed by atoms with Crippen LogP contribution in [0.5, 0.6) is 0 Å². The van der Waals surface area contributed by atoms with E-state index in [9.17, 15) is 26.4 Å². The monoisotopic (exact) mass is 386 g/mol. The van der Waals surface area contributed by atoms with Gasteiger partial charge in [-0.15, -0.1) is 0 Å². The Morgan fingerprint density at radius 2 is 1.65 bits per heavy atom. The number of hydroxylamine groups is 1. The number of hydrogen-bond acceptors (Lipinski definition) is 4. The lowest BCUT2D eigenvalue weighted by atomic mass is 10.2. The van der Waals surface area contributed by atoms with Crippen molar-refractivity contribution in [1.82, 2.24) is 5.48 Å². The van der Waals surface area contributed by atoms with Crippen molar-refractivity contribution in [1.29, 1.82) is 0 Å². The van der Waals surface area contributed by atoms with Crippen LogP contribution in [0.1, 0.15) is 11.1 Å². The van der Waals surface area contributed by atoms with Crippen LogP contribution in [0.2, 0.25) is 0 Å². The lowest BCUT2D eigenvalue weighted by Gasteiger charge is -2.14. The first-order valence-corrected chi connectivity index (χ1v) is 8.53. The molecule has 0 spiro atoms. The summed E-state index contributed by atoms with van der Waals surface area (Å²) < 4.78 is 65.4. The molecule has 0 saturated heterocycles. The molecule has 0 radical (unpaired) electrons. The van der Waals surface area contributed by atoms with Crippen molar-refractivity contribution in [3.05, 3.63) is 65.7 Å². The average Bonchev–Trinajstić information content (AvgIpc) is 2.59. The fourth-order valence-electron chi connectivity index (χ4n) is 1.99. The molecule has 0 aliphatic carbocycles. The van der Waals surface area contributed by atoms with Gasteiger partial charge in [0.2, 0.25) is 0 Å². The van der Waals surface area contributed by atoms with Gasteiger partial charge in [-0.1, -0.05) is 24.3 Å². The lowest BCUT2D eigenvalue weighted by Crippen LogP contribution is -2.17. The molecule has 2 rings (SSSR count). The maximum Gasteiger partial charge on any atom is 0.418 e. The summed E-state index contributed by atoms with van der Waals surface area (Å²) in [7, 11) is -4.24. The molecule has 2 aromatic rings. The molecule has 0 unspecified atom stereocenters. The van der Waals surface area contributed by atoms with E-state index in [2.05, 4.69) is 0 Å². The fourth-order valence-corrected chi connectivity index (χ4v) is 3.07. The Labute approximate surface area is 147 Å². The summed E-state index contributed by atoms with van der Waals surface area (Å²) in [4.78, 5) is 10.6. The second kappa shape index (κ2) is 7.58. The third-order valence-corrected chi connectivity index (χ3v) is 4.59. The van der Waals surface area contributed by atoms with E-state index >= 15 is 0 Å². The van der Waals surface area contributed by atoms with Crippen molar-refractivity contribution in [2.45, 2.75) is 11.1 Å². The Kier molecular flexibility index (Phi) is 5.68. The van der Waals surface area contributed by atoms with Gasteiger partial charge in [-0.25, -0.2) is 13.9 Å². The van der Waals surface area contributed by atoms with Crippen LogP contribution in [0.25, 0.3) is 6.08 Å². The second-order valence-electron chi connectivity index (χ2n) is 5.03. The van der Waals surface area contributed by atoms with Crippen molar-refractivity contribution in [3.63, 3.8) is 0 Å². The molecule has 6 nitrogen and oxygen atoms in total. The SMILES string of the molecule is O=C(/C=C/c1ccc(S(=O)(=O)Nc2ccccc2C(F)(F)F)cc1)NO. The maximum absolute atomic E-state index is 13.0. The molecule has 0 bridgehead atoms. The van der Waals surface area contributed by atoms with Crippen LogP contribution >= 0.6 is 0 Å². The molecule has 0 saturated carbocycles. The first-order valence-electron chi connectivity index (χ1n) is 7.05. The lowest BCUT2D eigenvalue weighted by molar-refractivity contribution is -0.136. The summed E-state index contributed by atoms with van der Waals surface area (Å²) >= 11 is 0. The summed E-state index contributed by atoms with van der Waals surface area (Å²) in [6, 6.07) is 9.29. The molecule has 3 N–H and O–H groups in total. The minimum absolute atomic E-state index is 0.252. The molecule has 0 aliphatic heterocycles. The number of hydrogen-bond donors (Lipinski definition) is 3. The molecular formula is C16H13F3N2O4S. The molecule has 138 valence electrons. The van der Waals surface area contributed by atoms with Crippen molar-refractivity contribution >= 4 is 27.7 Å². The van der Waals surface area contributed by atoms with Gasteiger partial charge in [0.15, 0.2) is 0 Å². The Bertz CT molecular complexity index is 923. The van der Waals surface area contributed by atoms with Crippen LogP contribution in [0.4, 0.5) is 18.9 Å². The van der Waals surface area contributed by atoms with Crippen LogP contribution in [0.15, 0.2) is 59.5 Å². The first kappa shape index (κ1) is 19.5. The topological polar surface area (TPSA) is 95.5 Å². The minimum atomic E-state index is -4.71. The van der Waals surface area contributed by atoms with Crippen LogP contribution < -0.4 is 10.2 Å². The number of amides is 1. The van der Waals surface area contributed by atoms with Gasteiger partial charge < -0.3 is 0 Å². The van der Waals surface area contributed by atoms with Gasteiger partial charge in [0, 0.05) is 6.08 Å². The van der Waals surface area contributed by atoms with E-state index < -0.39 is 33.4 Å². The van der Waals surface area contributed by atoms with Gasteiger partial charge >= 0.3 is 6.18 Å². The molecule has 0 heterocycles. The van der Waals surface area contributed by atoms with E-state index in [0.717, 1.165) is 24.3 Å². The van der Waals surface area contributed by atoms with Crippen LogP contribution in [0, 0.1) is 0 Å². The van der Waals surface area contributed by atoms with Crippen LogP contribution in [-0.4, -0.2) is 19.5 Å². The highest BCUT2D eigenvalue weighted by molar-refractivity contribution is 7.92. The Morgan fingerprint density at radius 1 is 1.04 bits per heavy atom. The minimum Gasteiger partial charge on any atom is -0.288 e. The van der Waals surface area contributed by atoms with Crippen LogP contribution in [0.3, 0.4) is 0 Å². The molecule has 2 aromatic carbocycles. The van der Waals surface area contributed by atoms with E-state index in [1.54, 1.807) is 0 Å². The molecule has 0 atom stereocenters. The van der Waals surface area contributed by atoms with E-state index in [1.165, 1.54) is 41.9 Å². The normalized spacial score (nSPS) is 12.2. The quantitative estimate of drug-likeness (QED) is 0.418. The summed E-state index contributed by atoms with van der Waals surface area (Å²) in [5, 5.41) is 8.36. The fraction of sp³-hybridized carbons (Fsp3) is 0.0625. The molecular weight excluding hydrogens is 373 g/mol. The zero-order chi connectivity index (χ0) is 19.4. The summed E-state index contributed by atoms with van der Waals surface area (Å²) in [5.41, 5.74) is 0.161. The van der Waals surface area contributed by atoms with Crippen molar-refractivity contribution in [3.8, 4) is 0 Å². The number of benzene rings is 2. The third-order valence-electron chi connectivity index (χ3n) is 3.20. The Morgan fingerprint density at radius 3 is 2.23 bits per heavy atom. The van der Waals surface area contributed by atoms with E-state index in [1.807, 2.05) is 4.72 Å². The first-order chi connectivity index (χ1) is 12.1. The highest BCUT2D eigenvalue weighted by atomic mass is 32.2. The van der Waals surface area contributed by atoms with Crippen molar-refractivity contribution in [2.24, 2.45) is 0 Å². The molecule has 0 aromatic heterocycles. The number of carbonyl (C=O) groups is 1. The van der Waals surface area contributed by atoms with Gasteiger partial charge in [-0.05, 0) is 35.9 Å². The van der Waals surface area contributed by atoms with E-state index in [-0.39, 0.29) is 4.90 Å². The maximum atomic E-state index is 13.0. The average molecular weight is 386 g/mol. The molecule has 0 aliphatic rings. The van der Waals surface area contributed by atoms with Crippen molar-refractivity contribution in [2.75, 3.05) is 4.72 Å². The van der Waals surface area contributed by atoms with E-state index in [0.29, 0.717) is 5.56 Å². The van der Waals surface area contributed by atoms with Gasteiger partial charge in [0.05, 0.1) is 16.1 Å². The standard InChI is InChI=1S/C16H13F3N2O4S/c17-16(18,19)13-3-1-2-4-14(13)21-26(24,25)12-8-5-11(6-9-12)7-10-15(22)20-23/h1-10,21,23H,(H,20,22)/b10-7+. The van der Waals surface area contributed by atoms with Crippen molar-refractivity contribution < 1.29 is 31.6 Å². The highest BCUT2D eigenvalue weighted by Gasteiger charge is 2.34. The largest absolute Gasteiger partial charge is 0.418 e. The number of rotatable bonds is 5. The van der Waals surface area contributed by atoms with Gasteiger partial charge in [-0.3, -0.25) is 14.7 Å². The number of anilines is 1. The number of para-hydroxylation sites is 1. The van der Waals surface area contributed by atoms with Gasteiger partial charge in [-0.2, -0.15) is 13.2 Å². The Balaban J connectivity index is 2.27. The van der Waals surface area contributed by atoms with Crippen LogP contribution in [-0.2, 0) is 21.0 Å². The number of halogens is 3. The summed E-state index contributed by atoms with van der Waals surface area (Å²) in [5.74, 6) is -0.771. The zero-order valence-electron chi connectivity index (χ0n) is 13.0. The summed E-state index contributed by atoms with van der Waals surface area (Å²) in [6.45, 7) is 0. The second-order valence-corrected chi connectivity index (χ2v) is 6.71. The number of nitrogens with one attached hydrogen (secondary N) is 2. The predicted molar refractivity (Wildman–Crippen MR) is 87.7 cm³/mol. The third kappa shape index (κ3) is 4.83. The predicted octanol–water partition coefficient (Wildman–Crippen LogP) is 3.02. The number of sulfonamides is 1. The Hall–Kier alpha value is -2.85. The molecule has 26 heavy (non-hydrogen) atoms. The number of alkyl halides is 3. The van der Waals surface area contributed by atoms with Gasteiger partial charge in [0.1, 0.15) is 0 Å². The van der Waals surface area contributed by atoms with E-state index in [4.69, 9.17) is 5.21 Å². The highest BCUT2D eigenvalue weighted by Crippen LogP contribution is 2.35. The molecule has 10 heteroatoms. The molecule has 0 fully saturated rings. The summed E-state index contributed by atoms with van der Waals surface area (Å²) in [6.07, 6.45) is -2.38. The van der Waals surface area contributed by atoms with Gasteiger partial charge in [0.25, 0.3) is 15.9 Å².